The summed E-state index contributed by atoms with van der Waals surface area (Å²) in [4.78, 5) is 7.25. The molecule has 2 atom stereocenters. The van der Waals surface area contributed by atoms with Crippen molar-refractivity contribution in [3.63, 3.8) is 0 Å². The lowest BCUT2D eigenvalue weighted by atomic mass is 10.1. The topological polar surface area (TPSA) is 27.6 Å². The summed E-state index contributed by atoms with van der Waals surface area (Å²) >= 11 is 3.99. The van der Waals surface area contributed by atoms with Crippen LogP contribution in [0.25, 0.3) is 0 Å². The molecule has 19 heavy (non-hydrogen) atoms. The smallest absolute Gasteiger partial charge is 0.194 e. The van der Waals surface area contributed by atoms with E-state index in [0.717, 1.165) is 43.3 Å². The van der Waals surface area contributed by atoms with Gasteiger partial charge in [0.15, 0.2) is 5.96 Å². The van der Waals surface area contributed by atoms with Crippen molar-refractivity contribution in [1.82, 2.24) is 10.2 Å². The Kier molecular flexibility index (Phi) is 8.07. The molecule has 0 aliphatic carbocycles. The van der Waals surface area contributed by atoms with E-state index in [1.165, 1.54) is 5.75 Å². The van der Waals surface area contributed by atoms with Crippen molar-refractivity contribution < 1.29 is 0 Å². The molecule has 2 unspecified atom stereocenters. The lowest BCUT2D eigenvalue weighted by Crippen LogP contribution is -2.49. The van der Waals surface area contributed by atoms with E-state index in [4.69, 9.17) is 4.99 Å². The molecular weight excluding hydrogens is 274 g/mol. The van der Waals surface area contributed by atoms with Gasteiger partial charge in [-0.3, -0.25) is 4.99 Å². The van der Waals surface area contributed by atoms with E-state index in [1.807, 2.05) is 11.8 Å². The number of nitrogens with zero attached hydrogens (tertiary/aromatic N) is 2. The summed E-state index contributed by atoms with van der Waals surface area (Å²) in [5.74, 6) is 3.06. The molecule has 0 spiro atoms. The van der Waals surface area contributed by atoms with E-state index in [-0.39, 0.29) is 0 Å². The molecule has 0 aromatic carbocycles. The molecule has 3 nitrogen and oxygen atoms in total. The average Bonchev–Trinajstić information content (AvgIpc) is 2.43. The van der Waals surface area contributed by atoms with Gasteiger partial charge in [-0.15, -0.1) is 0 Å². The van der Waals surface area contributed by atoms with Gasteiger partial charge in [0.25, 0.3) is 0 Å². The van der Waals surface area contributed by atoms with Crippen molar-refractivity contribution in [2.24, 2.45) is 10.9 Å². The van der Waals surface area contributed by atoms with Crippen molar-refractivity contribution in [3.05, 3.63) is 0 Å². The van der Waals surface area contributed by atoms with Crippen LogP contribution in [0, 0.1) is 5.92 Å². The molecule has 1 saturated heterocycles. The first-order valence-corrected chi connectivity index (χ1v) is 9.59. The standard InChI is InChI=1S/C14H29N3S2/c1-6-15-14(16-9-12(4)18-5)17-7-8-19-13(10-17)11(2)3/h11-13H,6-10H2,1-5H3,(H,15,16). The molecule has 0 bridgehead atoms. The van der Waals surface area contributed by atoms with Gasteiger partial charge in [0.1, 0.15) is 0 Å². The molecule has 0 amide bonds. The molecule has 0 radical (unpaired) electrons. The quantitative estimate of drug-likeness (QED) is 0.624. The number of guanidine groups is 1. The van der Waals surface area contributed by atoms with E-state index in [0.29, 0.717) is 5.25 Å². The zero-order valence-corrected chi connectivity index (χ0v) is 14.6. The SMILES string of the molecule is CCNC(=NCC(C)SC)N1CCSC(C(C)C)C1. The second-order valence-electron chi connectivity index (χ2n) is 5.34. The molecule has 1 rings (SSSR count). The van der Waals surface area contributed by atoms with Crippen LogP contribution in [0.5, 0.6) is 0 Å². The van der Waals surface area contributed by atoms with Crippen molar-refractivity contribution in [2.45, 2.75) is 38.2 Å². The fourth-order valence-corrected chi connectivity index (χ4v) is 3.51. The summed E-state index contributed by atoms with van der Waals surface area (Å²) in [6.45, 7) is 13.1. The third-order valence-corrected chi connectivity index (χ3v) is 5.87. The van der Waals surface area contributed by atoms with Crippen molar-refractivity contribution >= 4 is 29.5 Å². The Hall–Kier alpha value is -0.0300. The van der Waals surface area contributed by atoms with Gasteiger partial charge in [0.2, 0.25) is 0 Å². The van der Waals surface area contributed by atoms with Gasteiger partial charge in [-0.1, -0.05) is 20.8 Å². The van der Waals surface area contributed by atoms with Crippen LogP contribution in [-0.4, -0.2) is 59.5 Å². The van der Waals surface area contributed by atoms with Gasteiger partial charge in [0, 0.05) is 35.9 Å². The van der Waals surface area contributed by atoms with E-state index in [1.54, 1.807) is 0 Å². The molecule has 112 valence electrons. The Balaban J connectivity index is 2.64. The molecular formula is C14H29N3S2. The fourth-order valence-electron chi connectivity index (χ4n) is 1.99. The van der Waals surface area contributed by atoms with E-state index < -0.39 is 0 Å². The number of rotatable bonds is 5. The number of aliphatic imine (C=N–C) groups is 1. The van der Waals surface area contributed by atoms with E-state index in [2.05, 4.69) is 55.9 Å². The maximum Gasteiger partial charge on any atom is 0.194 e. The van der Waals surface area contributed by atoms with Crippen LogP contribution >= 0.6 is 23.5 Å². The molecule has 5 heteroatoms. The Morgan fingerprint density at radius 3 is 2.79 bits per heavy atom. The van der Waals surface area contributed by atoms with Gasteiger partial charge in [-0.05, 0) is 19.1 Å². The van der Waals surface area contributed by atoms with Gasteiger partial charge in [0.05, 0.1) is 6.54 Å². The van der Waals surface area contributed by atoms with Crippen LogP contribution in [0.15, 0.2) is 4.99 Å². The number of thioether (sulfide) groups is 2. The predicted octanol–water partition coefficient (Wildman–Crippen LogP) is 2.78. The second kappa shape index (κ2) is 9.01. The zero-order chi connectivity index (χ0) is 14.3. The summed E-state index contributed by atoms with van der Waals surface area (Å²) in [5, 5.41) is 4.77. The molecule has 0 aromatic rings. The lowest BCUT2D eigenvalue weighted by Gasteiger charge is -2.36. The summed E-state index contributed by atoms with van der Waals surface area (Å²) in [6.07, 6.45) is 2.15. The maximum absolute atomic E-state index is 4.80. The van der Waals surface area contributed by atoms with Gasteiger partial charge in [-0.2, -0.15) is 23.5 Å². The van der Waals surface area contributed by atoms with Crippen LogP contribution in [-0.2, 0) is 0 Å². The largest absolute Gasteiger partial charge is 0.357 e. The highest BCUT2D eigenvalue weighted by Gasteiger charge is 2.24. The predicted molar refractivity (Wildman–Crippen MR) is 91.6 cm³/mol. The Bertz CT molecular complexity index is 282. The minimum atomic E-state index is 0.591. The first-order valence-electron chi connectivity index (χ1n) is 7.26. The first-order chi connectivity index (χ1) is 9.08. The fraction of sp³-hybridized carbons (Fsp3) is 0.929. The van der Waals surface area contributed by atoms with Crippen LogP contribution in [0.3, 0.4) is 0 Å². The van der Waals surface area contributed by atoms with Gasteiger partial charge >= 0.3 is 0 Å². The number of hydrogen-bond donors (Lipinski definition) is 1. The van der Waals surface area contributed by atoms with Crippen molar-refractivity contribution in [1.29, 1.82) is 0 Å². The highest BCUT2D eigenvalue weighted by molar-refractivity contribution is 8.00. The normalized spacial score (nSPS) is 22.7. The molecule has 1 aliphatic heterocycles. The highest BCUT2D eigenvalue weighted by Crippen LogP contribution is 2.24. The van der Waals surface area contributed by atoms with Crippen molar-refractivity contribution in [2.75, 3.05) is 38.2 Å². The van der Waals surface area contributed by atoms with Crippen LogP contribution in [0.1, 0.15) is 27.7 Å². The van der Waals surface area contributed by atoms with Crippen LogP contribution < -0.4 is 5.32 Å². The summed E-state index contributed by atoms with van der Waals surface area (Å²) in [7, 11) is 0. The monoisotopic (exact) mass is 303 g/mol. The molecule has 1 heterocycles. The lowest BCUT2D eigenvalue weighted by molar-refractivity contribution is 0.381. The minimum absolute atomic E-state index is 0.591. The van der Waals surface area contributed by atoms with Crippen LogP contribution in [0.4, 0.5) is 0 Å². The van der Waals surface area contributed by atoms with E-state index >= 15 is 0 Å². The Morgan fingerprint density at radius 2 is 2.21 bits per heavy atom. The van der Waals surface area contributed by atoms with Crippen molar-refractivity contribution in [3.8, 4) is 0 Å². The zero-order valence-electron chi connectivity index (χ0n) is 13.0. The van der Waals surface area contributed by atoms with E-state index in [9.17, 15) is 0 Å². The Morgan fingerprint density at radius 1 is 1.47 bits per heavy atom. The third kappa shape index (κ3) is 5.86. The average molecular weight is 304 g/mol. The summed E-state index contributed by atoms with van der Waals surface area (Å²) in [6, 6.07) is 0. The second-order valence-corrected chi connectivity index (χ2v) is 7.96. The van der Waals surface area contributed by atoms with Gasteiger partial charge < -0.3 is 10.2 Å². The molecule has 1 fully saturated rings. The molecule has 1 N–H and O–H groups in total. The highest BCUT2D eigenvalue weighted by atomic mass is 32.2. The first kappa shape index (κ1) is 17.0. The third-order valence-electron chi connectivity index (χ3n) is 3.37. The maximum atomic E-state index is 4.80. The van der Waals surface area contributed by atoms with Gasteiger partial charge in [-0.25, -0.2) is 0 Å². The molecule has 1 aliphatic rings. The number of nitrogens with one attached hydrogen (secondary N) is 1. The molecule has 0 saturated carbocycles. The number of hydrogen-bond acceptors (Lipinski definition) is 3. The summed E-state index contributed by atoms with van der Waals surface area (Å²) < 4.78 is 0. The minimum Gasteiger partial charge on any atom is -0.357 e. The summed E-state index contributed by atoms with van der Waals surface area (Å²) in [5.41, 5.74) is 0. The molecule has 0 aromatic heterocycles. The Labute approximate surface area is 127 Å². The van der Waals surface area contributed by atoms with Crippen LogP contribution in [0.2, 0.25) is 0 Å².